The number of esters is 1. The highest BCUT2D eigenvalue weighted by Gasteiger charge is 2.30. The molecular formula is C63H122N2O7P+. The summed E-state index contributed by atoms with van der Waals surface area (Å²) in [5.74, 6) is -0.506. The van der Waals surface area contributed by atoms with Crippen molar-refractivity contribution < 1.29 is 37.3 Å². The minimum atomic E-state index is -4.45. The number of hydrogen-bond donors (Lipinski definition) is 2. The Bertz CT molecular complexity index is 1350. The summed E-state index contributed by atoms with van der Waals surface area (Å²) >= 11 is 0. The molecule has 0 aromatic carbocycles. The minimum Gasteiger partial charge on any atom is -0.456 e. The number of unbranched alkanes of at least 4 members (excludes halogenated alkanes) is 38. The summed E-state index contributed by atoms with van der Waals surface area (Å²) in [6, 6.07) is -0.850. The van der Waals surface area contributed by atoms with Crippen LogP contribution in [0.2, 0.25) is 0 Å². The Balaban J connectivity index is 5.16. The van der Waals surface area contributed by atoms with Crippen LogP contribution in [0.25, 0.3) is 0 Å². The molecule has 0 aliphatic carbocycles. The van der Waals surface area contributed by atoms with E-state index in [1.54, 1.807) is 0 Å². The molecule has 3 atom stereocenters. The highest BCUT2D eigenvalue weighted by Crippen LogP contribution is 2.43. The molecule has 9 nitrogen and oxygen atoms in total. The lowest BCUT2D eigenvalue weighted by Gasteiger charge is -2.27. The van der Waals surface area contributed by atoms with Crippen molar-refractivity contribution in [2.75, 3.05) is 40.9 Å². The molecule has 0 aromatic rings. The largest absolute Gasteiger partial charge is 0.472 e. The van der Waals surface area contributed by atoms with Gasteiger partial charge in [-0.15, -0.1) is 0 Å². The van der Waals surface area contributed by atoms with Crippen LogP contribution in [0.4, 0.5) is 0 Å². The van der Waals surface area contributed by atoms with Gasteiger partial charge in [0.05, 0.1) is 33.8 Å². The van der Waals surface area contributed by atoms with Crippen molar-refractivity contribution in [3.63, 3.8) is 0 Å². The SMILES string of the molecule is CCCCC/C=C/C=C/CCCCCCCCC(=O)NC(COP(=O)(O)OCC[N+](C)(C)C)C(/C=C\CCCCCCCCCCC)OC(=O)CCCCCCCCCCCCCCCCCCCCCCC. The van der Waals surface area contributed by atoms with Gasteiger partial charge >= 0.3 is 13.8 Å². The number of carbonyl (C=O) groups is 2. The molecule has 2 N–H and O–H groups in total. The second-order valence-electron chi connectivity index (χ2n) is 22.6. The van der Waals surface area contributed by atoms with Crippen LogP contribution in [0.3, 0.4) is 0 Å². The van der Waals surface area contributed by atoms with E-state index >= 15 is 0 Å². The lowest BCUT2D eigenvalue weighted by atomic mass is 10.0. The zero-order chi connectivity index (χ0) is 53.6. The van der Waals surface area contributed by atoms with Crippen LogP contribution < -0.4 is 5.32 Å². The maximum atomic E-state index is 13.5. The van der Waals surface area contributed by atoms with Gasteiger partial charge in [0.1, 0.15) is 19.3 Å². The minimum absolute atomic E-state index is 0.0398. The lowest BCUT2D eigenvalue weighted by molar-refractivity contribution is -0.870. The number of nitrogens with zero attached hydrogens (tertiary/aromatic N) is 1. The lowest BCUT2D eigenvalue weighted by Crippen LogP contribution is -2.47. The number of amides is 1. The maximum absolute atomic E-state index is 13.5. The molecule has 0 bridgehead atoms. The fraction of sp³-hybridized carbons (Fsp3) is 0.873. The van der Waals surface area contributed by atoms with Gasteiger partial charge in [0.15, 0.2) is 0 Å². The van der Waals surface area contributed by atoms with Crippen molar-refractivity contribution in [1.82, 2.24) is 5.32 Å². The van der Waals surface area contributed by atoms with Crippen molar-refractivity contribution >= 4 is 19.7 Å². The van der Waals surface area contributed by atoms with E-state index in [9.17, 15) is 19.0 Å². The monoisotopic (exact) mass is 1050 g/mol. The van der Waals surface area contributed by atoms with Crippen LogP contribution in [-0.2, 0) is 27.9 Å². The molecule has 3 unspecified atom stereocenters. The molecule has 0 saturated carbocycles. The van der Waals surface area contributed by atoms with Gasteiger partial charge in [-0.2, -0.15) is 0 Å². The quantitative estimate of drug-likeness (QED) is 0.0156. The van der Waals surface area contributed by atoms with E-state index in [0.717, 1.165) is 77.0 Å². The van der Waals surface area contributed by atoms with Crippen molar-refractivity contribution in [3.05, 3.63) is 36.5 Å². The maximum Gasteiger partial charge on any atom is 0.472 e. The highest BCUT2D eigenvalue weighted by molar-refractivity contribution is 7.47. The van der Waals surface area contributed by atoms with Gasteiger partial charge in [0.25, 0.3) is 0 Å². The van der Waals surface area contributed by atoms with E-state index < -0.39 is 20.0 Å². The standard InChI is InChI=1S/C63H121N2O7P/c1-7-10-13-16-19-22-25-27-29-30-31-32-33-34-36-38-41-44-47-50-53-56-63(67)72-61(54-51-48-45-42-39-24-21-18-15-12-9-3)60(59-71-73(68,69)70-58-57-65(4,5)6)64-62(66)55-52-49-46-43-40-37-35-28-26-23-20-17-14-11-8-2/h20,23,26,28,51,54,60-61H,7-19,21-22,24-25,27,29-50,52-53,55-59H2,1-6H3,(H-,64,66,68,69)/p+1/b23-20+,28-26+,54-51-. The summed E-state index contributed by atoms with van der Waals surface area (Å²) in [7, 11) is 1.50. The topological polar surface area (TPSA) is 111 Å². The first kappa shape index (κ1) is 71.2. The third-order valence-electron chi connectivity index (χ3n) is 14.1. The van der Waals surface area contributed by atoms with Crippen LogP contribution in [-0.4, -0.2) is 74.3 Å². The van der Waals surface area contributed by atoms with Crippen molar-refractivity contribution in [2.45, 2.75) is 315 Å². The Morgan fingerprint density at radius 2 is 0.822 bits per heavy atom. The van der Waals surface area contributed by atoms with E-state index in [4.69, 9.17) is 13.8 Å². The van der Waals surface area contributed by atoms with Crippen LogP contribution >= 0.6 is 7.82 Å². The molecule has 0 aromatic heterocycles. The molecule has 0 aliphatic heterocycles. The van der Waals surface area contributed by atoms with E-state index in [0.29, 0.717) is 23.9 Å². The first-order chi connectivity index (χ1) is 35.4. The summed E-state index contributed by atoms with van der Waals surface area (Å²) in [6.07, 6.45) is 64.3. The summed E-state index contributed by atoms with van der Waals surface area (Å²) in [4.78, 5) is 37.7. The smallest absolute Gasteiger partial charge is 0.456 e. The van der Waals surface area contributed by atoms with Crippen LogP contribution in [0.15, 0.2) is 36.5 Å². The van der Waals surface area contributed by atoms with Gasteiger partial charge in [-0.25, -0.2) is 4.57 Å². The first-order valence-corrected chi connectivity index (χ1v) is 32.8. The fourth-order valence-electron chi connectivity index (χ4n) is 9.23. The van der Waals surface area contributed by atoms with E-state index in [2.05, 4.69) is 50.4 Å². The molecule has 10 heteroatoms. The number of carbonyl (C=O) groups excluding carboxylic acids is 2. The second-order valence-corrected chi connectivity index (χ2v) is 24.1. The molecule has 0 rings (SSSR count). The number of hydrogen-bond acceptors (Lipinski definition) is 6. The van der Waals surface area contributed by atoms with Gasteiger partial charge in [-0.1, -0.05) is 269 Å². The highest BCUT2D eigenvalue weighted by atomic mass is 31.2. The summed E-state index contributed by atoms with van der Waals surface area (Å²) in [6.45, 7) is 7.00. The van der Waals surface area contributed by atoms with E-state index in [1.165, 1.54) is 193 Å². The predicted molar refractivity (Wildman–Crippen MR) is 314 cm³/mol. The van der Waals surface area contributed by atoms with Crippen LogP contribution in [0.5, 0.6) is 0 Å². The summed E-state index contributed by atoms with van der Waals surface area (Å²) in [5, 5.41) is 3.05. The second kappa shape index (κ2) is 53.6. The van der Waals surface area contributed by atoms with Crippen molar-refractivity contribution in [3.8, 4) is 0 Å². The Morgan fingerprint density at radius 1 is 0.479 bits per heavy atom. The average Bonchev–Trinajstić information content (AvgIpc) is 3.35. The number of quaternary nitrogens is 1. The molecule has 0 heterocycles. The molecule has 0 fully saturated rings. The molecule has 0 spiro atoms. The van der Waals surface area contributed by atoms with E-state index in [1.807, 2.05) is 33.3 Å². The summed E-state index contributed by atoms with van der Waals surface area (Å²) in [5.41, 5.74) is 0. The van der Waals surface area contributed by atoms with Crippen molar-refractivity contribution in [2.24, 2.45) is 0 Å². The Labute approximate surface area is 453 Å². The van der Waals surface area contributed by atoms with Gasteiger partial charge in [0.2, 0.25) is 5.91 Å². The normalized spacial score (nSPS) is 13.9. The average molecular weight is 1050 g/mol. The molecule has 0 aliphatic rings. The number of likely N-dealkylation sites (N-methyl/N-ethyl adjacent to an activating group) is 1. The third kappa shape index (κ3) is 54.8. The Morgan fingerprint density at radius 3 is 1.23 bits per heavy atom. The number of phosphoric acid groups is 1. The van der Waals surface area contributed by atoms with Crippen molar-refractivity contribution in [1.29, 1.82) is 0 Å². The molecule has 430 valence electrons. The van der Waals surface area contributed by atoms with E-state index in [-0.39, 0.29) is 25.1 Å². The number of allylic oxidation sites excluding steroid dienone is 5. The van der Waals surface area contributed by atoms with Gasteiger partial charge < -0.3 is 19.4 Å². The molecule has 0 saturated heterocycles. The van der Waals surface area contributed by atoms with Gasteiger partial charge in [0, 0.05) is 12.8 Å². The molecule has 73 heavy (non-hydrogen) atoms. The fourth-order valence-corrected chi connectivity index (χ4v) is 9.96. The van der Waals surface area contributed by atoms with Gasteiger partial charge in [-0.05, 0) is 57.4 Å². The number of ether oxygens (including phenoxy) is 1. The predicted octanol–water partition coefficient (Wildman–Crippen LogP) is 19.1. The van der Waals surface area contributed by atoms with Crippen LogP contribution in [0.1, 0.15) is 303 Å². The zero-order valence-corrected chi connectivity index (χ0v) is 50.0. The number of rotatable bonds is 57. The summed E-state index contributed by atoms with van der Waals surface area (Å²) < 4.78 is 30.7. The number of phosphoric ester groups is 1. The zero-order valence-electron chi connectivity index (χ0n) is 49.1. The van der Waals surface area contributed by atoms with Crippen LogP contribution in [0, 0.1) is 0 Å². The molecule has 1 amide bonds. The van der Waals surface area contributed by atoms with Gasteiger partial charge in [-0.3, -0.25) is 18.6 Å². The Hall–Kier alpha value is -1.77. The molecular weight excluding hydrogens is 928 g/mol. The number of nitrogens with one attached hydrogen (secondary N) is 1. The third-order valence-corrected chi connectivity index (χ3v) is 15.1. The molecule has 0 radical (unpaired) electrons. The first-order valence-electron chi connectivity index (χ1n) is 31.3. The Kier molecular flexibility index (Phi) is 52.3.